The highest BCUT2D eigenvalue weighted by atomic mass is 32.1. The number of hydrogen-bond acceptors (Lipinski definition) is 6. The van der Waals surface area contributed by atoms with Gasteiger partial charge in [-0.25, -0.2) is 4.98 Å². The fourth-order valence-corrected chi connectivity index (χ4v) is 3.54. The van der Waals surface area contributed by atoms with Crippen molar-refractivity contribution in [2.24, 2.45) is 0 Å². The number of aromatic nitrogens is 4. The van der Waals surface area contributed by atoms with Gasteiger partial charge in [0, 0.05) is 10.4 Å². The van der Waals surface area contributed by atoms with E-state index in [0.29, 0.717) is 17.1 Å². The summed E-state index contributed by atoms with van der Waals surface area (Å²) in [5, 5.41) is 4.65. The van der Waals surface area contributed by atoms with Crippen molar-refractivity contribution in [1.29, 1.82) is 0 Å². The van der Waals surface area contributed by atoms with Crippen LogP contribution in [0.25, 0.3) is 21.6 Å². The molecule has 4 rings (SSSR count). The summed E-state index contributed by atoms with van der Waals surface area (Å²) in [6, 6.07) is 9.57. The van der Waals surface area contributed by atoms with Crippen molar-refractivity contribution in [3.8, 4) is 11.4 Å². The zero-order valence-corrected chi connectivity index (χ0v) is 14.0. The van der Waals surface area contributed by atoms with Gasteiger partial charge in [-0.3, -0.25) is 9.36 Å². The Morgan fingerprint density at radius 1 is 1.21 bits per heavy atom. The Morgan fingerprint density at radius 3 is 2.79 bits per heavy atom. The van der Waals surface area contributed by atoms with Crippen LogP contribution in [0.3, 0.4) is 0 Å². The van der Waals surface area contributed by atoms with Crippen LogP contribution in [-0.2, 0) is 6.54 Å². The summed E-state index contributed by atoms with van der Waals surface area (Å²) >= 11 is 1.53. The molecular weight excluding hydrogens is 324 g/mol. The normalized spacial score (nSPS) is 11.2. The third kappa shape index (κ3) is 2.43. The van der Waals surface area contributed by atoms with E-state index in [1.807, 2.05) is 44.2 Å². The summed E-state index contributed by atoms with van der Waals surface area (Å²) in [4.78, 5) is 23.3. The Morgan fingerprint density at radius 2 is 2.00 bits per heavy atom. The van der Waals surface area contributed by atoms with E-state index in [2.05, 4.69) is 15.1 Å². The molecule has 0 fully saturated rings. The van der Waals surface area contributed by atoms with Crippen molar-refractivity contribution in [2.45, 2.75) is 20.4 Å². The molecule has 0 bridgehead atoms. The first-order valence-corrected chi connectivity index (χ1v) is 8.28. The van der Waals surface area contributed by atoms with Gasteiger partial charge in [0.05, 0.1) is 11.7 Å². The van der Waals surface area contributed by atoms with E-state index >= 15 is 0 Å². The van der Waals surface area contributed by atoms with Gasteiger partial charge in [0.2, 0.25) is 11.7 Å². The first-order valence-electron chi connectivity index (χ1n) is 7.46. The predicted molar refractivity (Wildman–Crippen MR) is 92.2 cm³/mol. The van der Waals surface area contributed by atoms with E-state index in [0.717, 1.165) is 20.8 Å². The molecule has 0 aliphatic carbocycles. The van der Waals surface area contributed by atoms with Crippen LogP contribution in [0.5, 0.6) is 0 Å². The number of benzene rings is 1. The Bertz CT molecular complexity index is 1080. The molecule has 0 aliphatic heterocycles. The lowest BCUT2D eigenvalue weighted by Crippen LogP contribution is -2.21. The standard InChI is InChI=1S/C17H14N4O2S/c1-10-11(2)24-16-14(10)17(22)21(9-18-16)8-13-19-15(20-23-13)12-6-4-3-5-7-12/h3-7,9H,8H2,1-2H3. The van der Waals surface area contributed by atoms with Gasteiger partial charge < -0.3 is 4.52 Å². The summed E-state index contributed by atoms with van der Waals surface area (Å²) in [6.45, 7) is 4.15. The fourth-order valence-electron chi connectivity index (χ4n) is 2.55. The van der Waals surface area contributed by atoms with E-state index in [4.69, 9.17) is 4.52 Å². The highest BCUT2D eigenvalue weighted by molar-refractivity contribution is 7.18. The minimum atomic E-state index is -0.0821. The van der Waals surface area contributed by atoms with E-state index < -0.39 is 0 Å². The molecule has 0 atom stereocenters. The first-order chi connectivity index (χ1) is 11.6. The Hall–Kier alpha value is -2.80. The van der Waals surface area contributed by atoms with Crippen LogP contribution in [0.4, 0.5) is 0 Å². The summed E-state index contributed by atoms with van der Waals surface area (Å²) in [6.07, 6.45) is 1.53. The maximum Gasteiger partial charge on any atom is 0.262 e. The molecule has 0 aliphatic rings. The molecule has 1 aromatic carbocycles. The van der Waals surface area contributed by atoms with Crippen LogP contribution in [0.1, 0.15) is 16.3 Å². The molecule has 24 heavy (non-hydrogen) atoms. The minimum absolute atomic E-state index is 0.0821. The predicted octanol–water partition coefficient (Wildman–Crippen LogP) is 3.17. The fraction of sp³-hybridized carbons (Fsp3) is 0.176. The van der Waals surface area contributed by atoms with E-state index in [9.17, 15) is 4.79 Å². The number of rotatable bonds is 3. The van der Waals surface area contributed by atoms with E-state index in [1.54, 1.807) is 0 Å². The SMILES string of the molecule is Cc1sc2ncn(Cc3nc(-c4ccccc4)no3)c(=O)c2c1C. The largest absolute Gasteiger partial charge is 0.337 e. The lowest BCUT2D eigenvalue weighted by atomic mass is 10.2. The van der Waals surface area contributed by atoms with Gasteiger partial charge in [0.25, 0.3) is 5.56 Å². The summed E-state index contributed by atoms with van der Waals surface area (Å²) in [5.41, 5.74) is 1.77. The lowest BCUT2D eigenvalue weighted by Gasteiger charge is -2.01. The Balaban J connectivity index is 1.70. The zero-order chi connectivity index (χ0) is 16.7. The second-order valence-corrected chi connectivity index (χ2v) is 6.72. The van der Waals surface area contributed by atoms with Crippen molar-refractivity contribution in [2.75, 3.05) is 0 Å². The highest BCUT2D eigenvalue weighted by Gasteiger charge is 2.14. The summed E-state index contributed by atoms with van der Waals surface area (Å²) in [7, 11) is 0. The van der Waals surface area contributed by atoms with Gasteiger partial charge in [-0.05, 0) is 19.4 Å². The zero-order valence-electron chi connectivity index (χ0n) is 13.2. The summed E-state index contributed by atoms with van der Waals surface area (Å²) < 4.78 is 6.78. The molecule has 6 nitrogen and oxygen atoms in total. The quantitative estimate of drug-likeness (QED) is 0.573. The van der Waals surface area contributed by atoms with Crippen molar-refractivity contribution in [3.05, 3.63) is 63.3 Å². The van der Waals surface area contributed by atoms with Crippen LogP contribution in [-0.4, -0.2) is 19.7 Å². The van der Waals surface area contributed by atoms with Crippen LogP contribution < -0.4 is 5.56 Å². The van der Waals surface area contributed by atoms with Crippen LogP contribution in [0.2, 0.25) is 0 Å². The first kappa shape index (κ1) is 14.8. The van der Waals surface area contributed by atoms with Crippen molar-refractivity contribution in [3.63, 3.8) is 0 Å². The summed E-state index contributed by atoms with van der Waals surface area (Å²) in [5.74, 6) is 0.886. The second kappa shape index (κ2) is 5.68. The molecule has 0 radical (unpaired) electrons. The molecule has 0 saturated carbocycles. The molecule has 120 valence electrons. The second-order valence-electron chi connectivity index (χ2n) is 5.52. The molecule has 3 aromatic heterocycles. The molecule has 0 unspecified atom stereocenters. The molecule has 0 spiro atoms. The third-order valence-electron chi connectivity index (χ3n) is 3.96. The van der Waals surface area contributed by atoms with Gasteiger partial charge in [0.15, 0.2) is 0 Å². The molecule has 4 aromatic rings. The molecule has 3 heterocycles. The molecular formula is C17H14N4O2S. The van der Waals surface area contributed by atoms with Gasteiger partial charge in [0.1, 0.15) is 11.4 Å². The van der Waals surface area contributed by atoms with Crippen molar-refractivity contribution < 1.29 is 4.52 Å². The average molecular weight is 338 g/mol. The number of nitrogens with zero attached hydrogens (tertiary/aromatic N) is 4. The number of fused-ring (bicyclic) bond motifs is 1. The van der Waals surface area contributed by atoms with Crippen LogP contribution >= 0.6 is 11.3 Å². The van der Waals surface area contributed by atoms with Crippen molar-refractivity contribution >= 4 is 21.6 Å². The van der Waals surface area contributed by atoms with Gasteiger partial charge in [-0.2, -0.15) is 4.98 Å². The lowest BCUT2D eigenvalue weighted by molar-refractivity contribution is 0.369. The van der Waals surface area contributed by atoms with Crippen LogP contribution in [0, 0.1) is 13.8 Å². The van der Waals surface area contributed by atoms with Gasteiger partial charge in [-0.1, -0.05) is 35.5 Å². The third-order valence-corrected chi connectivity index (χ3v) is 5.08. The van der Waals surface area contributed by atoms with Gasteiger partial charge in [-0.15, -0.1) is 11.3 Å². The maximum absolute atomic E-state index is 12.7. The topological polar surface area (TPSA) is 73.8 Å². The molecule has 0 saturated heterocycles. The van der Waals surface area contributed by atoms with Crippen molar-refractivity contribution in [1.82, 2.24) is 19.7 Å². The number of hydrogen-bond donors (Lipinski definition) is 0. The monoisotopic (exact) mass is 338 g/mol. The maximum atomic E-state index is 12.7. The Kier molecular flexibility index (Phi) is 3.50. The van der Waals surface area contributed by atoms with Gasteiger partial charge >= 0.3 is 0 Å². The molecule has 7 heteroatoms. The Labute approximate surface area is 141 Å². The number of aryl methyl sites for hydroxylation is 2. The molecule has 0 amide bonds. The minimum Gasteiger partial charge on any atom is -0.337 e. The van der Waals surface area contributed by atoms with E-state index in [-0.39, 0.29) is 12.1 Å². The smallest absolute Gasteiger partial charge is 0.262 e. The highest BCUT2D eigenvalue weighted by Crippen LogP contribution is 2.25. The molecule has 0 N–H and O–H groups in total. The van der Waals surface area contributed by atoms with E-state index in [1.165, 1.54) is 22.2 Å². The van der Waals surface area contributed by atoms with Crippen LogP contribution in [0.15, 0.2) is 46.0 Å². The number of thiophene rings is 1. The average Bonchev–Trinajstić information content (AvgIpc) is 3.17.